The molecular weight excluding hydrogens is 428 g/mol. The lowest BCUT2D eigenvalue weighted by Gasteiger charge is -2.09. The Kier molecular flexibility index (Phi) is 4.71. The van der Waals surface area contributed by atoms with Crippen molar-refractivity contribution in [1.29, 1.82) is 0 Å². The summed E-state index contributed by atoms with van der Waals surface area (Å²) < 4.78 is 28.0. The normalized spacial score (nSPS) is 11.8. The van der Waals surface area contributed by atoms with Gasteiger partial charge in [0.15, 0.2) is 5.65 Å². The van der Waals surface area contributed by atoms with Crippen LogP contribution in [0.2, 0.25) is 0 Å². The van der Waals surface area contributed by atoms with E-state index in [-0.39, 0.29) is 22.2 Å². The van der Waals surface area contributed by atoms with Crippen molar-refractivity contribution in [2.75, 3.05) is 0 Å². The summed E-state index contributed by atoms with van der Waals surface area (Å²) in [5.41, 5.74) is 2.36. The summed E-state index contributed by atoms with van der Waals surface area (Å²) in [6.45, 7) is 0.250. The SMILES string of the molecule is Cn1ncc2cccc(S(=O)(=O)c3ccc(CNC(=O)c4cnc5[nH]ncc5c4)cc3)c21. The summed E-state index contributed by atoms with van der Waals surface area (Å²) in [4.78, 5) is 17.0. The Hall–Kier alpha value is -4.05. The van der Waals surface area contributed by atoms with Crippen LogP contribution < -0.4 is 5.32 Å². The molecule has 0 aliphatic rings. The summed E-state index contributed by atoms with van der Waals surface area (Å²) in [6.07, 6.45) is 4.72. The molecule has 0 fully saturated rings. The number of H-pyrrole nitrogens is 1. The molecule has 1 amide bonds. The average Bonchev–Trinajstić information content (AvgIpc) is 3.43. The lowest BCUT2D eigenvalue weighted by Crippen LogP contribution is -2.22. The number of fused-ring (bicyclic) bond motifs is 2. The molecule has 0 aliphatic carbocycles. The number of para-hydroxylation sites is 1. The minimum absolute atomic E-state index is 0.177. The Balaban J connectivity index is 1.34. The quantitative estimate of drug-likeness (QED) is 0.428. The van der Waals surface area contributed by atoms with Gasteiger partial charge < -0.3 is 5.32 Å². The molecule has 0 radical (unpaired) electrons. The maximum absolute atomic E-state index is 13.2. The van der Waals surface area contributed by atoms with Gasteiger partial charge >= 0.3 is 0 Å². The van der Waals surface area contributed by atoms with Crippen LogP contribution in [-0.4, -0.2) is 39.3 Å². The largest absolute Gasteiger partial charge is 0.348 e. The first-order valence-electron chi connectivity index (χ1n) is 9.75. The third-order valence-corrected chi connectivity index (χ3v) is 7.05. The Morgan fingerprint density at radius 1 is 1.06 bits per heavy atom. The standard InChI is InChI=1S/C22H18N6O3S/c1-28-20-15(13-26-28)3-2-4-19(20)32(30,31)18-7-5-14(6-8-18)10-24-22(29)17-9-16-12-25-27-21(16)23-11-17/h2-9,11-13H,10H2,1H3,(H,24,29)(H,23,25,27). The van der Waals surface area contributed by atoms with Gasteiger partial charge in [-0.05, 0) is 29.8 Å². The molecule has 0 saturated heterocycles. The number of aromatic amines is 1. The fourth-order valence-corrected chi connectivity index (χ4v) is 5.08. The number of hydrogen-bond donors (Lipinski definition) is 2. The molecule has 5 rings (SSSR count). The van der Waals surface area contributed by atoms with E-state index in [2.05, 4.69) is 25.6 Å². The summed E-state index contributed by atoms with van der Waals surface area (Å²) in [7, 11) is -2.01. The van der Waals surface area contributed by atoms with E-state index in [1.165, 1.54) is 6.20 Å². The molecule has 3 aromatic heterocycles. The Morgan fingerprint density at radius 2 is 1.88 bits per heavy atom. The number of pyridine rings is 1. The van der Waals surface area contributed by atoms with Crippen LogP contribution in [0, 0.1) is 0 Å². The number of carbonyl (C=O) groups excluding carboxylic acids is 1. The molecule has 5 aromatic rings. The molecule has 2 N–H and O–H groups in total. The van der Waals surface area contributed by atoms with Gasteiger partial charge in [0, 0.05) is 30.6 Å². The van der Waals surface area contributed by atoms with Gasteiger partial charge in [-0.25, -0.2) is 13.4 Å². The minimum Gasteiger partial charge on any atom is -0.348 e. The molecule has 9 nitrogen and oxygen atoms in total. The van der Waals surface area contributed by atoms with E-state index in [1.807, 2.05) is 6.07 Å². The second-order valence-electron chi connectivity index (χ2n) is 7.32. The number of carbonyl (C=O) groups is 1. The number of sulfone groups is 1. The zero-order valence-electron chi connectivity index (χ0n) is 17.0. The minimum atomic E-state index is -3.73. The van der Waals surface area contributed by atoms with E-state index in [1.54, 1.807) is 66.6 Å². The number of rotatable bonds is 5. The summed E-state index contributed by atoms with van der Waals surface area (Å²) in [5.74, 6) is -0.278. The fraction of sp³-hybridized carbons (Fsp3) is 0.0909. The molecule has 160 valence electrons. The van der Waals surface area contributed by atoms with E-state index in [4.69, 9.17) is 0 Å². The van der Waals surface area contributed by atoms with Crippen molar-refractivity contribution in [1.82, 2.24) is 30.3 Å². The summed E-state index contributed by atoms with van der Waals surface area (Å²) >= 11 is 0. The van der Waals surface area contributed by atoms with Gasteiger partial charge in [-0.1, -0.05) is 24.3 Å². The third kappa shape index (κ3) is 3.40. The van der Waals surface area contributed by atoms with E-state index < -0.39 is 9.84 Å². The first kappa shape index (κ1) is 19.9. The number of aromatic nitrogens is 5. The molecule has 0 aliphatic heterocycles. The van der Waals surface area contributed by atoms with Crippen LogP contribution in [0.15, 0.2) is 76.9 Å². The van der Waals surface area contributed by atoms with Gasteiger partial charge in [0.25, 0.3) is 5.91 Å². The zero-order valence-corrected chi connectivity index (χ0v) is 17.8. The molecule has 0 bridgehead atoms. The van der Waals surface area contributed by atoms with Crippen molar-refractivity contribution in [3.8, 4) is 0 Å². The van der Waals surface area contributed by atoms with Gasteiger partial charge in [0.2, 0.25) is 9.84 Å². The molecule has 2 aromatic carbocycles. The number of aryl methyl sites for hydroxylation is 1. The first-order chi connectivity index (χ1) is 15.4. The van der Waals surface area contributed by atoms with E-state index in [9.17, 15) is 13.2 Å². The highest BCUT2D eigenvalue weighted by molar-refractivity contribution is 7.91. The smallest absolute Gasteiger partial charge is 0.253 e. The van der Waals surface area contributed by atoms with E-state index in [0.29, 0.717) is 16.7 Å². The van der Waals surface area contributed by atoms with Crippen LogP contribution in [0.1, 0.15) is 15.9 Å². The Morgan fingerprint density at radius 3 is 2.69 bits per heavy atom. The van der Waals surface area contributed by atoms with Gasteiger partial charge in [0.05, 0.1) is 33.3 Å². The molecule has 3 heterocycles. The molecule has 0 saturated carbocycles. The van der Waals surface area contributed by atoms with Crippen LogP contribution in [0.25, 0.3) is 21.9 Å². The molecule has 0 atom stereocenters. The molecule has 0 spiro atoms. The monoisotopic (exact) mass is 446 g/mol. The molecule has 10 heteroatoms. The van der Waals surface area contributed by atoms with E-state index >= 15 is 0 Å². The first-order valence-corrected chi connectivity index (χ1v) is 11.2. The Labute approximate surface area is 183 Å². The molecule has 0 unspecified atom stereocenters. The maximum atomic E-state index is 13.2. The maximum Gasteiger partial charge on any atom is 0.253 e. The predicted molar refractivity (Wildman–Crippen MR) is 118 cm³/mol. The third-order valence-electron chi connectivity index (χ3n) is 5.25. The van der Waals surface area contributed by atoms with Crippen molar-refractivity contribution in [3.63, 3.8) is 0 Å². The van der Waals surface area contributed by atoms with Crippen LogP contribution in [-0.2, 0) is 23.4 Å². The van der Waals surface area contributed by atoms with Crippen molar-refractivity contribution in [3.05, 3.63) is 78.2 Å². The second kappa shape index (κ2) is 7.57. The molecular formula is C22H18N6O3S. The van der Waals surface area contributed by atoms with Crippen molar-refractivity contribution in [2.24, 2.45) is 7.05 Å². The van der Waals surface area contributed by atoms with Crippen molar-refractivity contribution in [2.45, 2.75) is 16.3 Å². The van der Waals surface area contributed by atoms with Gasteiger partial charge in [0.1, 0.15) is 0 Å². The van der Waals surface area contributed by atoms with Gasteiger partial charge in [-0.15, -0.1) is 0 Å². The van der Waals surface area contributed by atoms with E-state index in [0.717, 1.165) is 16.3 Å². The predicted octanol–water partition coefficient (Wildman–Crippen LogP) is 2.61. The number of nitrogens with one attached hydrogen (secondary N) is 2. The topological polar surface area (TPSA) is 123 Å². The lowest BCUT2D eigenvalue weighted by atomic mass is 10.2. The van der Waals surface area contributed by atoms with Crippen LogP contribution in [0.3, 0.4) is 0 Å². The van der Waals surface area contributed by atoms with Crippen LogP contribution in [0.5, 0.6) is 0 Å². The number of benzene rings is 2. The van der Waals surface area contributed by atoms with Crippen LogP contribution >= 0.6 is 0 Å². The molecule has 32 heavy (non-hydrogen) atoms. The lowest BCUT2D eigenvalue weighted by molar-refractivity contribution is 0.0950. The van der Waals surface area contributed by atoms with Gasteiger partial charge in [-0.2, -0.15) is 10.2 Å². The average molecular weight is 446 g/mol. The highest BCUT2D eigenvalue weighted by atomic mass is 32.2. The highest BCUT2D eigenvalue weighted by Gasteiger charge is 2.22. The second-order valence-corrected chi connectivity index (χ2v) is 9.24. The number of hydrogen-bond acceptors (Lipinski definition) is 6. The summed E-state index contributed by atoms with van der Waals surface area (Å²) in [6, 6.07) is 13.3. The highest BCUT2D eigenvalue weighted by Crippen LogP contribution is 2.28. The number of nitrogens with zero attached hydrogens (tertiary/aromatic N) is 4. The van der Waals surface area contributed by atoms with Crippen molar-refractivity contribution < 1.29 is 13.2 Å². The Bertz CT molecular complexity index is 1570. The van der Waals surface area contributed by atoms with Crippen LogP contribution in [0.4, 0.5) is 0 Å². The van der Waals surface area contributed by atoms with Gasteiger partial charge in [-0.3, -0.25) is 14.6 Å². The zero-order chi connectivity index (χ0) is 22.3. The fourth-order valence-electron chi connectivity index (χ4n) is 3.57. The van der Waals surface area contributed by atoms with Crippen molar-refractivity contribution >= 4 is 37.7 Å². The summed E-state index contributed by atoms with van der Waals surface area (Å²) in [5, 5.41) is 15.1. The number of amides is 1.